The van der Waals surface area contributed by atoms with Crippen molar-refractivity contribution in [1.82, 2.24) is 0 Å². The molecule has 7 rings (SSSR count). The average Bonchev–Trinajstić information content (AvgIpc) is 3.41. The van der Waals surface area contributed by atoms with Crippen LogP contribution in [0.3, 0.4) is 0 Å². The fourth-order valence-corrected chi connectivity index (χ4v) is 7.24. The Hall–Kier alpha value is -5.83. The van der Waals surface area contributed by atoms with Crippen LogP contribution in [0.25, 0.3) is 0 Å². The molecule has 3 atom stereocenters. The molecule has 0 fully saturated rings. The Bertz CT molecular complexity index is 2020. The van der Waals surface area contributed by atoms with Crippen molar-refractivity contribution < 1.29 is 0 Å². The molecule has 2 aromatic carbocycles. The van der Waals surface area contributed by atoms with Crippen LogP contribution in [0.2, 0.25) is 0 Å². The molecule has 5 heteroatoms. The van der Waals surface area contributed by atoms with Crippen molar-refractivity contribution in [2.75, 3.05) is 9.80 Å². The van der Waals surface area contributed by atoms with Gasteiger partial charge in [0.2, 0.25) is 0 Å². The summed E-state index contributed by atoms with van der Waals surface area (Å²) in [5.74, 6) is 0.0808. The summed E-state index contributed by atoms with van der Waals surface area (Å²) >= 11 is 0. The maximum atomic E-state index is 9.93. The molecule has 2 aromatic rings. The number of anilines is 2. The third-order valence-electron chi connectivity index (χ3n) is 9.56. The molecule has 3 aliphatic carbocycles. The highest BCUT2D eigenvalue weighted by Crippen LogP contribution is 2.53. The molecule has 0 radical (unpaired) electrons. The Labute approximate surface area is 264 Å². The Morgan fingerprint density at radius 3 is 2.64 bits per heavy atom. The Morgan fingerprint density at radius 1 is 0.956 bits per heavy atom. The SMILES string of the molecule is C=C1/C=C\C=C/N(c2ccccc2C#N)C2C=CC(C3=C4C(CC=C3)c3cc(C#N)ccc3N4C3=CCCC(C#N)=C3)=CC12C. The van der Waals surface area contributed by atoms with E-state index in [0.717, 1.165) is 64.2 Å². The molecule has 5 aliphatic rings. The van der Waals surface area contributed by atoms with Crippen molar-refractivity contribution in [3.05, 3.63) is 166 Å². The smallest absolute Gasteiger partial charge is 0.101 e. The predicted molar refractivity (Wildman–Crippen MR) is 178 cm³/mol. The van der Waals surface area contributed by atoms with Gasteiger partial charge in [-0.15, -0.1) is 0 Å². The number of benzene rings is 2. The number of hydrogen-bond donors (Lipinski definition) is 0. The van der Waals surface area contributed by atoms with E-state index in [-0.39, 0.29) is 12.0 Å². The molecule has 5 nitrogen and oxygen atoms in total. The van der Waals surface area contributed by atoms with Crippen LogP contribution in [0.5, 0.6) is 0 Å². The van der Waals surface area contributed by atoms with Gasteiger partial charge in [0.15, 0.2) is 0 Å². The first-order chi connectivity index (χ1) is 22.0. The number of nitriles is 3. The highest BCUT2D eigenvalue weighted by Gasteiger charge is 2.42. The monoisotopic (exact) mass is 581 g/mol. The Morgan fingerprint density at radius 2 is 1.82 bits per heavy atom. The van der Waals surface area contributed by atoms with Crippen molar-refractivity contribution in [3.63, 3.8) is 0 Å². The summed E-state index contributed by atoms with van der Waals surface area (Å²) in [7, 11) is 0. The summed E-state index contributed by atoms with van der Waals surface area (Å²) in [6.45, 7) is 6.75. The summed E-state index contributed by atoms with van der Waals surface area (Å²) in [5, 5.41) is 29.4. The number of nitrogens with zero attached hydrogens (tertiary/aromatic N) is 5. The van der Waals surface area contributed by atoms with E-state index >= 15 is 0 Å². The maximum absolute atomic E-state index is 9.93. The standard InChI is InChI=1S/C40H31N5/c1-27-9-5-6-20-44(36-15-4-3-11-31(36)26-43)38-19-17-30(23-40(27,38)2)33-13-8-14-34-35-22-29(25-42)16-18-37(35)45(39(33)34)32-12-7-10-28(21-32)24-41/h3-6,8-9,11-13,15-23,34,38H,1,7,10,14H2,2H3/b9-5-,20-6-. The summed E-state index contributed by atoms with van der Waals surface area (Å²) in [4.78, 5) is 4.49. The van der Waals surface area contributed by atoms with E-state index in [0.29, 0.717) is 11.1 Å². The molecule has 0 amide bonds. The van der Waals surface area contributed by atoms with Gasteiger partial charge in [-0.05, 0) is 85.4 Å². The molecule has 216 valence electrons. The van der Waals surface area contributed by atoms with Gasteiger partial charge in [0.1, 0.15) is 6.07 Å². The molecule has 0 N–H and O–H groups in total. The number of rotatable bonds is 3. The van der Waals surface area contributed by atoms with Crippen molar-refractivity contribution in [2.24, 2.45) is 5.41 Å². The number of para-hydroxylation sites is 1. The maximum Gasteiger partial charge on any atom is 0.101 e. The van der Waals surface area contributed by atoms with Gasteiger partial charge in [0.05, 0.1) is 35.0 Å². The quantitative estimate of drug-likeness (QED) is 0.362. The van der Waals surface area contributed by atoms with Crippen molar-refractivity contribution in [3.8, 4) is 18.2 Å². The zero-order valence-corrected chi connectivity index (χ0v) is 25.1. The normalized spacial score (nSPS) is 26.1. The highest BCUT2D eigenvalue weighted by molar-refractivity contribution is 5.79. The van der Waals surface area contributed by atoms with Crippen LogP contribution in [0.1, 0.15) is 48.8 Å². The van der Waals surface area contributed by atoms with Gasteiger partial charge in [-0.2, -0.15) is 15.8 Å². The first kappa shape index (κ1) is 28.0. The van der Waals surface area contributed by atoms with E-state index < -0.39 is 5.41 Å². The summed E-state index contributed by atoms with van der Waals surface area (Å²) < 4.78 is 0. The van der Waals surface area contributed by atoms with Crippen LogP contribution >= 0.6 is 0 Å². The molecular formula is C40H31N5. The van der Waals surface area contributed by atoms with Gasteiger partial charge in [-0.25, -0.2) is 0 Å². The van der Waals surface area contributed by atoms with Crippen LogP contribution in [0, 0.1) is 39.4 Å². The van der Waals surface area contributed by atoms with Crippen LogP contribution in [-0.2, 0) is 0 Å². The number of fused-ring (bicyclic) bond motifs is 4. The largest absolute Gasteiger partial charge is 0.339 e. The minimum absolute atomic E-state index is 0.0808. The van der Waals surface area contributed by atoms with Crippen LogP contribution in [-0.4, -0.2) is 6.04 Å². The predicted octanol–water partition coefficient (Wildman–Crippen LogP) is 8.69. The lowest BCUT2D eigenvalue weighted by atomic mass is 9.69. The number of allylic oxidation sites excluding steroid dienone is 12. The average molecular weight is 582 g/mol. The molecule has 2 aliphatic heterocycles. The van der Waals surface area contributed by atoms with Gasteiger partial charge in [0, 0.05) is 45.8 Å². The van der Waals surface area contributed by atoms with Crippen LogP contribution in [0.15, 0.2) is 150 Å². The molecular weight excluding hydrogens is 550 g/mol. The number of hydrogen-bond acceptors (Lipinski definition) is 5. The summed E-state index contributed by atoms with van der Waals surface area (Å²) in [6, 6.07) is 20.6. The highest BCUT2D eigenvalue weighted by atomic mass is 15.2. The fraction of sp³-hybridized carbons (Fsp3) is 0.175. The van der Waals surface area contributed by atoms with E-state index in [1.807, 2.05) is 66.9 Å². The van der Waals surface area contributed by atoms with Crippen molar-refractivity contribution >= 4 is 11.4 Å². The molecule has 0 bridgehead atoms. The Balaban J connectivity index is 1.40. The fourth-order valence-electron chi connectivity index (χ4n) is 7.24. The molecule has 0 spiro atoms. The molecule has 0 saturated carbocycles. The van der Waals surface area contributed by atoms with Gasteiger partial charge in [0.25, 0.3) is 0 Å². The van der Waals surface area contributed by atoms with E-state index in [1.54, 1.807) is 0 Å². The summed E-state index contributed by atoms with van der Waals surface area (Å²) in [6.07, 6.45) is 25.9. The minimum atomic E-state index is -0.496. The first-order valence-electron chi connectivity index (χ1n) is 15.3. The second kappa shape index (κ2) is 11.0. The Kier molecular flexibility index (Phi) is 6.85. The molecule has 3 unspecified atom stereocenters. The summed E-state index contributed by atoms with van der Waals surface area (Å²) in [5.41, 5.74) is 9.95. The zero-order valence-electron chi connectivity index (χ0n) is 25.1. The van der Waals surface area contributed by atoms with Crippen molar-refractivity contribution in [1.29, 1.82) is 15.8 Å². The van der Waals surface area contributed by atoms with Crippen LogP contribution < -0.4 is 9.80 Å². The van der Waals surface area contributed by atoms with E-state index in [9.17, 15) is 15.8 Å². The second-order valence-electron chi connectivity index (χ2n) is 12.1. The van der Waals surface area contributed by atoms with Gasteiger partial charge >= 0.3 is 0 Å². The van der Waals surface area contributed by atoms with Gasteiger partial charge in [-0.1, -0.05) is 67.3 Å². The van der Waals surface area contributed by atoms with E-state index in [1.165, 1.54) is 5.70 Å². The van der Waals surface area contributed by atoms with Gasteiger partial charge in [-0.3, -0.25) is 0 Å². The molecule has 0 aromatic heterocycles. The zero-order chi connectivity index (χ0) is 31.1. The molecule has 2 heterocycles. The van der Waals surface area contributed by atoms with Crippen molar-refractivity contribution in [2.45, 2.75) is 38.1 Å². The lowest BCUT2D eigenvalue weighted by molar-refractivity contribution is 0.449. The van der Waals surface area contributed by atoms with E-state index in [4.69, 9.17) is 0 Å². The molecule has 0 saturated heterocycles. The lowest BCUT2D eigenvalue weighted by Crippen LogP contribution is -2.45. The third kappa shape index (κ3) is 4.51. The van der Waals surface area contributed by atoms with E-state index in [2.05, 4.69) is 84.0 Å². The topological polar surface area (TPSA) is 77.8 Å². The van der Waals surface area contributed by atoms with Crippen LogP contribution in [0.4, 0.5) is 11.4 Å². The second-order valence-corrected chi connectivity index (χ2v) is 12.1. The molecule has 45 heavy (non-hydrogen) atoms. The minimum Gasteiger partial charge on any atom is -0.339 e. The van der Waals surface area contributed by atoms with Gasteiger partial charge < -0.3 is 9.80 Å². The lowest BCUT2D eigenvalue weighted by Gasteiger charge is -2.45. The first-order valence-corrected chi connectivity index (χ1v) is 15.3. The third-order valence-corrected chi connectivity index (χ3v) is 9.56.